The third-order valence-electron chi connectivity index (χ3n) is 7.33. The van der Waals surface area contributed by atoms with Crippen LogP contribution in [0.15, 0.2) is 36.0 Å². The summed E-state index contributed by atoms with van der Waals surface area (Å²) >= 11 is 0. The lowest BCUT2D eigenvalue weighted by Gasteiger charge is -2.40. The number of ether oxygens (including phenoxy) is 4. The fourth-order valence-electron chi connectivity index (χ4n) is 5.23. The first-order valence-electron chi connectivity index (χ1n) is 12.9. The zero-order valence-electron chi connectivity index (χ0n) is 22.3. The predicted octanol–water partition coefficient (Wildman–Crippen LogP) is 3.40. The molecule has 0 aromatic rings. The molecule has 0 aromatic carbocycles. The van der Waals surface area contributed by atoms with Crippen LogP contribution in [0, 0.1) is 11.8 Å². The molecular formula is C28H42O8. The minimum atomic E-state index is -1.34. The first-order chi connectivity index (χ1) is 16.8. The Morgan fingerprint density at radius 1 is 1.22 bits per heavy atom. The van der Waals surface area contributed by atoms with Crippen molar-refractivity contribution in [2.24, 2.45) is 11.8 Å². The summed E-state index contributed by atoms with van der Waals surface area (Å²) in [4.78, 5) is 23.4. The Morgan fingerprint density at radius 2 is 1.92 bits per heavy atom. The van der Waals surface area contributed by atoms with Crippen molar-refractivity contribution >= 4 is 11.8 Å². The van der Waals surface area contributed by atoms with E-state index in [1.807, 2.05) is 19.9 Å². The van der Waals surface area contributed by atoms with Gasteiger partial charge in [-0.1, -0.05) is 30.7 Å². The molecule has 36 heavy (non-hydrogen) atoms. The third-order valence-corrected chi connectivity index (χ3v) is 7.33. The lowest BCUT2D eigenvalue weighted by atomic mass is 9.81. The van der Waals surface area contributed by atoms with Gasteiger partial charge in [-0.2, -0.15) is 0 Å². The Balaban J connectivity index is 1.49. The molecule has 0 aliphatic carbocycles. The van der Waals surface area contributed by atoms with Crippen LogP contribution in [-0.2, 0) is 28.5 Å². The molecule has 8 heteroatoms. The van der Waals surface area contributed by atoms with Gasteiger partial charge in [0.05, 0.1) is 18.8 Å². The summed E-state index contributed by atoms with van der Waals surface area (Å²) < 4.78 is 22.4. The molecule has 3 aliphatic rings. The summed E-state index contributed by atoms with van der Waals surface area (Å²) in [6.45, 7) is 11.2. The van der Waals surface area contributed by atoms with Crippen LogP contribution < -0.4 is 0 Å². The van der Waals surface area contributed by atoms with E-state index in [0.29, 0.717) is 18.9 Å². The van der Waals surface area contributed by atoms with Gasteiger partial charge in [-0.25, -0.2) is 0 Å². The predicted molar refractivity (Wildman–Crippen MR) is 134 cm³/mol. The van der Waals surface area contributed by atoms with Crippen LogP contribution in [0.4, 0.5) is 0 Å². The van der Waals surface area contributed by atoms with Crippen molar-refractivity contribution in [3.8, 4) is 0 Å². The van der Waals surface area contributed by atoms with Gasteiger partial charge in [0.1, 0.15) is 23.9 Å². The second kappa shape index (κ2) is 11.7. The maximum absolute atomic E-state index is 12.4. The Hall–Kier alpha value is -1.84. The molecule has 0 saturated carbocycles. The summed E-state index contributed by atoms with van der Waals surface area (Å²) in [6, 6.07) is 0. The van der Waals surface area contributed by atoms with E-state index in [1.165, 1.54) is 13.0 Å². The molecule has 3 rings (SSSR count). The average Bonchev–Trinajstić information content (AvgIpc) is 3.54. The molecule has 8 nitrogen and oxygen atoms in total. The van der Waals surface area contributed by atoms with Crippen LogP contribution in [0.25, 0.3) is 0 Å². The molecule has 0 radical (unpaired) electrons. The zero-order valence-corrected chi connectivity index (χ0v) is 22.3. The van der Waals surface area contributed by atoms with E-state index >= 15 is 0 Å². The molecule has 2 N–H and O–H groups in total. The Bertz CT molecular complexity index is 884. The molecule has 0 amide bonds. The van der Waals surface area contributed by atoms with E-state index in [2.05, 4.69) is 13.0 Å². The first-order valence-corrected chi connectivity index (χ1v) is 12.9. The van der Waals surface area contributed by atoms with E-state index in [9.17, 15) is 19.8 Å². The number of hydrogen-bond donors (Lipinski definition) is 2. The third kappa shape index (κ3) is 7.83. The summed E-state index contributed by atoms with van der Waals surface area (Å²) in [5.41, 5.74) is 0.305. The quantitative estimate of drug-likeness (QED) is 0.212. The summed E-state index contributed by atoms with van der Waals surface area (Å²) in [5.74, 6) is -1.27. The maximum atomic E-state index is 12.4. The van der Waals surface area contributed by atoms with E-state index in [4.69, 9.17) is 18.9 Å². The highest BCUT2D eigenvalue weighted by atomic mass is 16.7. The monoisotopic (exact) mass is 506 g/mol. The lowest BCUT2D eigenvalue weighted by Crippen LogP contribution is -2.54. The minimum absolute atomic E-state index is 0.00505. The van der Waals surface area contributed by atoms with Gasteiger partial charge in [0.15, 0.2) is 11.6 Å². The zero-order chi connectivity index (χ0) is 26.7. The summed E-state index contributed by atoms with van der Waals surface area (Å²) in [5, 5.41) is 21.0. The van der Waals surface area contributed by atoms with E-state index < -0.39 is 29.7 Å². The molecule has 0 unspecified atom stereocenters. The number of aliphatic hydroxyl groups is 2. The van der Waals surface area contributed by atoms with Crippen molar-refractivity contribution in [3.05, 3.63) is 36.0 Å². The Kier molecular flexibility index (Phi) is 9.33. The van der Waals surface area contributed by atoms with Gasteiger partial charge in [0.2, 0.25) is 0 Å². The minimum Gasteiger partial charge on any atom is -0.459 e. The molecule has 3 heterocycles. The van der Waals surface area contributed by atoms with Gasteiger partial charge in [0, 0.05) is 19.8 Å². The van der Waals surface area contributed by atoms with Crippen molar-refractivity contribution in [1.82, 2.24) is 0 Å². The molecule has 3 aliphatic heterocycles. The van der Waals surface area contributed by atoms with E-state index in [0.717, 1.165) is 18.4 Å². The fraction of sp³-hybridized carbons (Fsp3) is 0.714. The number of hydrogen-bond acceptors (Lipinski definition) is 8. The second-order valence-electron chi connectivity index (χ2n) is 11.0. The molecule has 0 bridgehead atoms. The van der Waals surface area contributed by atoms with Gasteiger partial charge in [-0.3, -0.25) is 9.59 Å². The highest BCUT2D eigenvalue weighted by Crippen LogP contribution is 2.45. The normalized spacial score (nSPS) is 40.1. The standard InChI is InChI=1S/C28H42O8/c1-17(8-12-25-26(31)28(16-33-28)15-27(6,32)36-25)7-11-24-18(2)13-22(20(4)35-24)14-23(30)10-9-19(3)34-21(5)29/h7-10,12,18-20,22,24-26,31-32H,11,13-16H2,1-6H3/b10-9-,12-8+,17-7+/t18-,19-,20+,22+,24-,25+,26+,27-,28+/m0/s1. The van der Waals surface area contributed by atoms with Crippen LogP contribution in [-0.4, -0.2) is 70.5 Å². The molecule has 3 fully saturated rings. The van der Waals surface area contributed by atoms with Gasteiger partial charge in [-0.05, 0) is 64.5 Å². The summed E-state index contributed by atoms with van der Waals surface area (Å²) in [6.07, 6.45) is 9.30. The molecule has 0 aromatic heterocycles. The second-order valence-corrected chi connectivity index (χ2v) is 11.0. The van der Waals surface area contributed by atoms with Crippen molar-refractivity contribution in [2.75, 3.05) is 6.61 Å². The Morgan fingerprint density at radius 3 is 2.56 bits per heavy atom. The molecule has 202 valence electrons. The SMILES string of the molecule is CC(=O)O[C@@H](C)/C=C\C(=O)C[C@H]1C[C@H](C)[C@H](C/C=C(C)/C=C/[C@H]2O[C@](C)(O)C[C@@]3(CO3)[C@@H]2O)O[C@@H]1C. The highest BCUT2D eigenvalue weighted by molar-refractivity contribution is 5.89. The smallest absolute Gasteiger partial charge is 0.303 e. The molecular weight excluding hydrogens is 464 g/mol. The lowest BCUT2D eigenvalue weighted by molar-refractivity contribution is -0.272. The van der Waals surface area contributed by atoms with Crippen LogP contribution in [0.1, 0.15) is 67.2 Å². The van der Waals surface area contributed by atoms with Gasteiger partial charge in [-0.15, -0.1) is 0 Å². The number of aliphatic hydroxyl groups excluding tert-OH is 1. The number of carbonyl (C=O) groups is 2. The highest BCUT2D eigenvalue weighted by Gasteiger charge is 2.61. The Labute approximate surface area is 214 Å². The molecule has 9 atom stereocenters. The first kappa shape index (κ1) is 28.7. The number of rotatable bonds is 9. The van der Waals surface area contributed by atoms with Crippen molar-refractivity contribution in [1.29, 1.82) is 0 Å². The van der Waals surface area contributed by atoms with Gasteiger partial charge >= 0.3 is 5.97 Å². The average molecular weight is 507 g/mol. The van der Waals surface area contributed by atoms with Gasteiger partial charge in [0.25, 0.3) is 0 Å². The number of esters is 1. The summed E-state index contributed by atoms with van der Waals surface area (Å²) in [7, 11) is 0. The van der Waals surface area contributed by atoms with Crippen molar-refractivity contribution < 1.29 is 38.7 Å². The largest absolute Gasteiger partial charge is 0.459 e. The van der Waals surface area contributed by atoms with Crippen molar-refractivity contribution in [3.63, 3.8) is 0 Å². The van der Waals surface area contributed by atoms with Gasteiger partial charge < -0.3 is 29.2 Å². The van der Waals surface area contributed by atoms with E-state index in [-0.39, 0.29) is 36.3 Å². The molecule has 3 saturated heterocycles. The number of ketones is 1. The van der Waals surface area contributed by atoms with Crippen LogP contribution >= 0.6 is 0 Å². The number of carbonyl (C=O) groups excluding carboxylic acids is 2. The van der Waals surface area contributed by atoms with Crippen LogP contribution in [0.5, 0.6) is 0 Å². The number of allylic oxidation sites excluding steroid dienone is 3. The maximum Gasteiger partial charge on any atom is 0.303 e. The molecule has 1 spiro atoms. The number of epoxide rings is 1. The van der Waals surface area contributed by atoms with Crippen LogP contribution in [0.2, 0.25) is 0 Å². The topological polar surface area (TPSA) is 115 Å². The fourth-order valence-corrected chi connectivity index (χ4v) is 5.23. The van der Waals surface area contributed by atoms with E-state index in [1.54, 1.807) is 26.0 Å². The van der Waals surface area contributed by atoms with Crippen LogP contribution in [0.3, 0.4) is 0 Å². The van der Waals surface area contributed by atoms with Crippen molar-refractivity contribution in [2.45, 2.75) is 109 Å².